The topological polar surface area (TPSA) is 54.8 Å². The van der Waals surface area contributed by atoms with Crippen LogP contribution < -0.4 is 5.32 Å². The van der Waals surface area contributed by atoms with Crippen molar-refractivity contribution in [1.82, 2.24) is 9.88 Å². The highest BCUT2D eigenvalue weighted by Gasteiger charge is 2.29. The van der Waals surface area contributed by atoms with Crippen LogP contribution in [-0.2, 0) is 0 Å². The van der Waals surface area contributed by atoms with Gasteiger partial charge in [-0.3, -0.25) is 0 Å². The van der Waals surface area contributed by atoms with E-state index in [0.29, 0.717) is 11.7 Å². The van der Waals surface area contributed by atoms with E-state index in [1.807, 2.05) is 0 Å². The smallest absolute Gasteiger partial charge is 0.159 e. The van der Waals surface area contributed by atoms with Gasteiger partial charge < -0.3 is 14.3 Å². The van der Waals surface area contributed by atoms with Gasteiger partial charge in [-0.05, 0) is 81.4 Å². The number of furan rings is 1. The Hall–Kier alpha value is -8.32. The van der Waals surface area contributed by atoms with Gasteiger partial charge in [-0.1, -0.05) is 158 Å². The third-order valence-corrected chi connectivity index (χ3v) is 14.4. The number of benzene rings is 10. The molecule has 65 heavy (non-hydrogen) atoms. The number of hydrogen-bond donors (Lipinski definition) is 1. The number of nitrogens with zero attached hydrogens (tertiary/aromatic N) is 3. The van der Waals surface area contributed by atoms with Crippen LogP contribution in [0.25, 0.3) is 102 Å². The third-order valence-electron chi connectivity index (χ3n) is 13.2. The lowest BCUT2D eigenvalue weighted by atomic mass is 10.0. The largest absolute Gasteiger partial charge is 0.455 e. The van der Waals surface area contributed by atoms with E-state index in [-0.39, 0.29) is 0 Å². The molecular formula is C59H36N4OS. The van der Waals surface area contributed by atoms with Crippen molar-refractivity contribution in [2.75, 3.05) is 0 Å². The lowest BCUT2D eigenvalue weighted by molar-refractivity contribution is 0.661. The first kappa shape index (κ1) is 36.2. The van der Waals surface area contributed by atoms with Crippen molar-refractivity contribution in [3.63, 3.8) is 0 Å². The van der Waals surface area contributed by atoms with E-state index in [9.17, 15) is 0 Å². The first-order chi connectivity index (χ1) is 32.2. The van der Waals surface area contributed by atoms with Crippen LogP contribution in [0.3, 0.4) is 0 Å². The van der Waals surface area contributed by atoms with Gasteiger partial charge in [0.15, 0.2) is 5.84 Å². The van der Waals surface area contributed by atoms with Gasteiger partial charge in [-0.15, -0.1) is 11.3 Å². The Bertz CT molecular complexity index is 4150. The minimum absolute atomic E-state index is 0.448. The Morgan fingerprint density at radius 1 is 0.446 bits per heavy atom. The Balaban J connectivity index is 1.05. The summed E-state index contributed by atoms with van der Waals surface area (Å²) >= 11 is 1.80. The van der Waals surface area contributed by atoms with E-state index in [0.717, 1.165) is 71.7 Å². The van der Waals surface area contributed by atoms with Gasteiger partial charge in [-0.25, -0.2) is 9.98 Å². The summed E-state index contributed by atoms with van der Waals surface area (Å²) in [7, 11) is 0. The van der Waals surface area contributed by atoms with E-state index < -0.39 is 6.17 Å². The molecular weight excluding hydrogens is 813 g/mol. The fraction of sp³-hybridized carbons (Fsp3) is 0.0169. The van der Waals surface area contributed by atoms with Crippen LogP contribution in [0.2, 0.25) is 0 Å². The van der Waals surface area contributed by atoms with Crippen molar-refractivity contribution in [3.05, 3.63) is 223 Å². The number of amidine groups is 2. The van der Waals surface area contributed by atoms with Crippen molar-refractivity contribution >= 4 is 108 Å². The molecule has 3 aromatic heterocycles. The van der Waals surface area contributed by atoms with Crippen molar-refractivity contribution < 1.29 is 4.42 Å². The molecule has 10 aromatic carbocycles. The Kier molecular flexibility index (Phi) is 7.85. The van der Waals surface area contributed by atoms with Gasteiger partial charge in [0.05, 0.1) is 22.3 Å². The van der Waals surface area contributed by atoms with Crippen LogP contribution in [0.5, 0.6) is 0 Å². The molecule has 5 nitrogen and oxygen atoms in total. The maximum absolute atomic E-state index is 7.25. The van der Waals surface area contributed by atoms with E-state index in [1.54, 1.807) is 11.3 Å². The summed E-state index contributed by atoms with van der Waals surface area (Å²) in [4.78, 5) is 11.0. The fourth-order valence-electron chi connectivity index (χ4n) is 10.1. The highest BCUT2D eigenvalue weighted by molar-refractivity contribution is 7.25. The van der Waals surface area contributed by atoms with Crippen LogP contribution in [0.15, 0.2) is 221 Å². The molecule has 0 amide bonds. The van der Waals surface area contributed by atoms with Crippen molar-refractivity contribution in [3.8, 4) is 16.8 Å². The fourth-order valence-corrected chi connectivity index (χ4v) is 11.3. The second-order valence-corrected chi connectivity index (χ2v) is 18.0. The van der Waals surface area contributed by atoms with E-state index in [2.05, 4.69) is 216 Å². The number of aliphatic imine (C=N–C) groups is 2. The Morgan fingerprint density at radius 2 is 1.09 bits per heavy atom. The third kappa shape index (κ3) is 5.64. The minimum atomic E-state index is -0.448. The van der Waals surface area contributed by atoms with E-state index in [1.165, 1.54) is 47.3 Å². The zero-order chi connectivity index (χ0) is 42.6. The molecule has 1 unspecified atom stereocenters. The van der Waals surface area contributed by atoms with Gasteiger partial charge in [-0.2, -0.15) is 0 Å². The van der Waals surface area contributed by atoms with Crippen LogP contribution in [0.4, 0.5) is 0 Å². The summed E-state index contributed by atoms with van der Waals surface area (Å²) < 4.78 is 12.1. The summed E-state index contributed by atoms with van der Waals surface area (Å²) in [6.07, 6.45) is -0.448. The number of aromatic nitrogens is 1. The van der Waals surface area contributed by atoms with Crippen molar-refractivity contribution in [1.29, 1.82) is 0 Å². The summed E-state index contributed by atoms with van der Waals surface area (Å²) in [6, 6.07) is 73.9. The molecule has 0 spiro atoms. The maximum atomic E-state index is 7.25. The highest BCUT2D eigenvalue weighted by Crippen LogP contribution is 2.42. The number of fused-ring (bicyclic) bond motifs is 12. The molecule has 0 saturated carbocycles. The first-order valence-corrected chi connectivity index (χ1v) is 22.8. The van der Waals surface area contributed by atoms with E-state index >= 15 is 0 Å². The van der Waals surface area contributed by atoms with Crippen LogP contribution >= 0.6 is 11.3 Å². The van der Waals surface area contributed by atoms with Crippen LogP contribution in [0.1, 0.15) is 22.9 Å². The summed E-state index contributed by atoms with van der Waals surface area (Å²) in [5, 5.41) is 15.5. The zero-order valence-corrected chi connectivity index (χ0v) is 35.7. The van der Waals surface area contributed by atoms with Crippen molar-refractivity contribution in [2.24, 2.45) is 9.98 Å². The SMILES string of the molecule is c1ccc(-c2ccc(C3N=C(c4ccc5c(c4)sc4ccccc45)N=C(c4c(-n5c6ccccc6c6cc7ccccc7cc65)ccc5c4oc4c6ccccc6ccc54)N3)cc2)cc1. The molecule has 1 aliphatic rings. The number of rotatable bonds is 5. The van der Waals surface area contributed by atoms with Crippen molar-refractivity contribution in [2.45, 2.75) is 6.17 Å². The maximum Gasteiger partial charge on any atom is 0.159 e. The average Bonchev–Trinajstić information content (AvgIpc) is 4.05. The molecule has 0 fully saturated rings. The molecule has 304 valence electrons. The predicted octanol–water partition coefficient (Wildman–Crippen LogP) is 15.5. The Morgan fingerprint density at radius 3 is 1.95 bits per heavy atom. The zero-order valence-electron chi connectivity index (χ0n) is 34.9. The summed E-state index contributed by atoms with van der Waals surface area (Å²) in [5.41, 5.74) is 10.0. The van der Waals surface area contributed by atoms with Gasteiger partial charge >= 0.3 is 0 Å². The lowest BCUT2D eigenvalue weighted by Crippen LogP contribution is -2.34. The number of thiophene rings is 1. The molecule has 1 aliphatic heterocycles. The first-order valence-electron chi connectivity index (χ1n) is 22.0. The van der Waals surface area contributed by atoms with Gasteiger partial charge in [0.1, 0.15) is 23.2 Å². The molecule has 13 aromatic rings. The molecule has 0 bridgehead atoms. The number of para-hydroxylation sites is 1. The molecule has 4 heterocycles. The molecule has 14 rings (SSSR count). The van der Waals surface area contributed by atoms with Gasteiger partial charge in [0, 0.05) is 52.7 Å². The second-order valence-electron chi connectivity index (χ2n) is 16.9. The van der Waals surface area contributed by atoms with Gasteiger partial charge in [0.2, 0.25) is 0 Å². The summed E-state index contributed by atoms with van der Waals surface area (Å²) in [5.74, 6) is 1.35. The minimum Gasteiger partial charge on any atom is -0.455 e. The van der Waals surface area contributed by atoms with Crippen LogP contribution in [-0.4, -0.2) is 16.2 Å². The average molecular weight is 849 g/mol. The Labute approximate surface area is 376 Å². The quantitative estimate of drug-likeness (QED) is 0.188. The lowest BCUT2D eigenvalue weighted by Gasteiger charge is -2.25. The second kappa shape index (κ2) is 14.1. The number of nitrogens with one attached hydrogen (secondary N) is 1. The summed E-state index contributed by atoms with van der Waals surface area (Å²) in [6.45, 7) is 0. The number of hydrogen-bond acceptors (Lipinski definition) is 5. The molecule has 6 heteroatoms. The monoisotopic (exact) mass is 848 g/mol. The predicted molar refractivity (Wildman–Crippen MR) is 273 cm³/mol. The normalized spacial score (nSPS) is 14.3. The van der Waals surface area contributed by atoms with Gasteiger partial charge in [0.25, 0.3) is 0 Å². The molecule has 1 atom stereocenters. The molecule has 1 N–H and O–H groups in total. The van der Waals surface area contributed by atoms with E-state index in [4.69, 9.17) is 14.4 Å². The molecule has 0 saturated heterocycles. The standard InChI is InChI=1S/C59H36N4OS/c1-2-12-35(13-3-1)36-22-24-38(25-23-36)57-60-58(41-27-28-45-44-19-9-11-21-52(44)65-53(45)34-41)62-59(61-57)54-50(31-30-47-46-29-26-37-14-6-7-17-42(37)55(46)64-56(47)54)63-49-20-10-8-18-43(49)48-32-39-15-4-5-16-40(39)33-51(48)63/h1-34,57H,(H,60,61,62). The highest BCUT2D eigenvalue weighted by atomic mass is 32.1. The molecule has 0 radical (unpaired) electrons. The molecule has 0 aliphatic carbocycles. The van der Waals surface area contributed by atoms with Crippen LogP contribution in [0, 0.1) is 0 Å².